The van der Waals surface area contributed by atoms with Gasteiger partial charge in [-0.2, -0.15) is 0 Å². The largest absolute Gasteiger partial charge is 0.374 e. The summed E-state index contributed by atoms with van der Waals surface area (Å²) in [5.41, 5.74) is 3.39. The molecule has 2 fully saturated rings. The van der Waals surface area contributed by atoms with Crippen molar-refractivity contribution in [2.24, 2.45) is 0 Å². The van der Waals surface area contributed by atoms with Crippen molar-refractivity contribution < 1.29 is 23.7 Å². The van der Waals surface area contributed by atoms with E-state index in [4.69, 9.17) is 23.7 Å². The maximum Gasteiger partial charge on any atom is 0.172 e. The SMILES string of the molecule is I[C@H]1[C@@H](OC2CCCCC2)O[C@H](COCc2ccccc2)[C@@H](OCc2ccccc2)[C@@H]1OCc1ccccc1. The summed E-state index contributed by atoms with van der Waals surface area (Å²) < 4.78 is 32.7. The maximum absolute atomic E-state index is 6.66. The summed E-state index contributed by atoms with van der Waals surface area (Å²) >= 11 is 2.45. The number of halogens is 1. The molecule has 6 heteroatoms. The summed E-state index contributed by atoms with van der Waals surface area (Å²) in [7, 11) is 0. The first-order valence-electron chi connectivity index (χ1n) is 14.1. The monoisotopic (exact) mass is 642 g/mol. The third-order valence-corrected chi connectivity index (χ3v) is 8.71. The molecule has 1 saturated carbocycles. The molecule has 5 nitrogen and oxygen atoms in total. The molecule has 3 aromatic carbocycles. The van der Waals surface area contributed by atoms with Crippen LogP contribution in [-0.2, 0) is 43.5 Å². The third-order valence-electron chi connectivity index (χ3n) is 7.42. The van der Waals surface area contributed by atoms with Crippen LogP contribution < -0.4 is 0 Å². The molecule has 208 valence electrons. The van der Waals surface area contributed by atoms with Gasteiger partial charge in [0.25, 0.3) is 0 Å². The molecule has 3 aromatic rings. The van der Waals surface area contributed by atoms with Crippen LogP contribution in [0.4, 0.5) is 0 Å². The first-order valence-corrected chi connectivity index (χ1v) is 15.4. The summed E-state index contributed by atoms with van der Waals surface area (Å²) in [6.45, 7) is 1.90. The molecular formula is C33H39IO5. The molecule has 0 N–H and O–H groups in total. The van der Waals surface area contributed by atoms with Gasteiger partial charge in [-0.15, -0.1) is 0 Å². The van der Waals surface area contributed by atoms with Crippen molar-refractivity contribution in [1.29, 1.82) is 0 Å². The summed E-state index contributed by atoms with van der Waals surface area (Å²) in [5.74, 6) is 0. The topological polar surface area (TPSA) is 46.2 Å². The Morgan fingerprint density at radius 3 is 1.72 bits per heavy atom. The molecular weight excluding hydrogens is 603 g/mol. The molecule has 0 aromatic heterocycles. The molecule has 1 heterocycles. The fourth-order valence-corrected chi connectivity index (χ4v) is 6.25. The average molecular weight is 643 g/mol. The van der Waals surface area contributed by atoms with Crippen LogP contribution in [0, 0.1) is 0 Å². The van der Waals surface area contributed by atoms with Gasteiger partial charge in [-0.05, 0) is 29.5 Å². The molecule has 5 atom stereocenters. The van der Waals surface area contributed by atoms with Gasteiger partial charge in [0.2, 0.25) is 0 Å². The van der Waals surface area contributed by atoms with E-state index < -0.39 is 0 Å². The van der Waals surface area contributed by atoms with E-state index in [2.05, 4.69) is 59.0 Å². The Kier molecular flexibility index (Phi) is 11.2. The second kappa shape index (κ2) is 15.3. The van der Waals surface area contributed by atoms with Gasteiger partial charge < -0.3 is 23.7 Å². The van der Waals surface area contributed by atoms with E-state index in [-0.39, 0.29) is 34.6 Å². The van der Waals surface area contributed by atoms with E-state index in [1.165, 1.54) is 19.3 Å². The van der Waals surface area contributed by atoms with Gasteiger partial charge in [0.05, 0.1) is 36.5 Å². The zero-order valence-corrected chi connectivity index (χ0v) is 24.6. The average Bonchev–Trinajstić information content (AvgIpc) is 2.99. The minimum atomic E-state index is -0.378. The Morgan fingerprint density at radius 1 is 0.641 bits per heavy atom. The highest BCUT2D eigenvalue weighted by molar-refractivity contribution is 14.1. The van der Waals surface area contributed by atoms with Gasteiger partial charge in [0.1, 0.15) is 18.3 Å². The molecule has 0 bridgehead atoms. The maximum atomic E-state index is 6.66. The highest BCUT2D eigenvalue weighted by atomic mass is 127. The van der Waals surface area contributed by atoms with E-state index in [0.29, 0.717) is 26.4 Å². The van der Waals surface area contributed by atoms with Gasteiger partial charge >= 0.3 is 0 Å². The lowest BCUT2D eigenvalue weighted by Crippen LogP contribution is -2.59. The number of alkyl halides is 1. The number of ether oxygens (including phenoxy) is 5. The minimum absolute atomic E-state index is 0.0283. The number of benzene rings is 3. The van der Waals surface area contributed by atoms with Crippen LogP contribution >= 0.6 is 22.6 Å². The Morgan fingerprint density at radius 2 is 1.15 bits per heavy atom. The van der Waals surface area contributed by atoms with Crippen LogP contribution in [0.25, 0.3) is 0 Å². The summed E-state index contributed by atoms with van der Waals surface area (Å²) in [4.78, 5) is 0. The highest BCUT2D eigenvalue weighted by Gasteiger charge is 2.47. The number of hydrogen-bond donors (Lipinski definition) is 0. The Bertz CT molecular complexity index is 1080. The lowest BCUT2D eigenvalue weighted by Gasteiger charge is -2.45. The molecule has 5 rings (SSSR count). The predicted octanol–water partition coefficient (Wildman–Crippen LogP) is 7.25. The predicted molar refractivity (Wildman–Crippen MR) is 161 cm³/mol. The molecule has 0 unspecified atom stereocenters. The van der Waals surface area contributed by atoms with E-state index >= 15 is 0 Å². The van der Waals surface area contributed by atoms with Gasteiger partial charge in [0, 0.05) is 0 Å². The zero-order valence-electron chi connectivity index (χ0n) is 22.4. The number of rotatable bonds is 12. The third kappa shape index (κ3) is 8.59. The van der Waals surface area contributed by atoms with Crippen LogP contribution in [0.15, 0.2) is 91.0 Å². The van der Waals surface area contributed by atoms with Gasteiger partial charge in [-0.25, -0.2) is 0 Å². The van der Waals surface area contributed by atoms with Gasteiger partial charge in [0.15, 0.2) is 6.29 Å². The second-order valence-corrected chi connectivity index (χ2v) is 11.8. The molecule has 1 saturated heterocycles. The van der Waals surface area contributed by atoms with Crippen molar-refractivity contribution >= 4 is 22.6 Å². The smallest absolute Gasteiger partial charge is 0.172 e. The van der Waals surface area contributed by atoms with Crippen molar-refractivity contribution in [2.75, 3.05) is 6.61 Å². The second-order valence-electron chi connectivity index (χ2n) is 10.4. The summed E-state index contributed by atoms with van der Waals surface area (Å²) in [5, 5.41) is 0. The zero-order chi connectivity index (χ0) is 26.7. The highest BCUT2D eigenvalue weighted by Crippen LogP contribution is 2.35. The Labute approximate surface area is 246 Å². The molecule has 1 aliphatic carbocycles. The van der Waals surface area contributed by atoms with E-state index in [9.17, 15) is 0 Å². The fourth-order valence-electron chi connectivity index (χ4n) is 5.29. The van der Waals surface area contributed by atoms with Gasteiger partial charge in [-0.3, -0.25) is 0 Å². The molecule has 1 aliphatic heterocycles. The van der Waals surface area contributed by atoms with Crippen LogP contribution in [0.1, 0.15) is 48.8 Å². The normalized spacial score (nSPS) is 25.9. The molecule has 39 heavy (non-hydrogen) atoms. The van der Waals surface area contributed by atoms with Crippen molar-refractivity contribution in [2.45, 2.75) is 86.6 Å². The quantitative estimate of drug-likeness (QED) is 0.154. The molecule has 0 amide bonds. The van der Waals surface area contributed by atoms with E-state index in [0.717, 1.165) is 29.5 Å². The molecule has 0 spiro atoms. The minimum Gasteiger partial charge on any atom is -0.374 e. The van der Waals surface area contributed by atoms with Crippen LogP contribution in [0.3, 0.4) is 0 Å². The van der Waals surface area contributed by atoms with Crippen LogP contribution in [0.2, 0.25) is 0 Å². The van der Waals surface area contributed by atoms with Crippen molar-refractivity contribution in [1.82, 2.24) is 0 Å². The lowest BCUT2D eigenvalue weighted by atomic mass is 9.97. The Balaban J connectivity index is 1.34. The van der Waals surface area contributed by atoms with E-state index in [1.54, 1.807) is 0 Å². The van der Waals surface area contributed by atoms with Crippen LogP contribution in [0.5, 0.6) is 0 Å². The first kappa shape index (κ1) is 28.7. The number of hydrogen-bond acceptors (Lipinski definition) is 5. The Hall–Kier alpha value is -1.81. The van der Waals surface area contributed by atoms with E-state index in [1.807, 2.05) is 54.6 Å². The lowest BCUT2D eigenvalue weighted by molar-refractivity contribution is -0.283. The molecule has 0 radical (unpaired) electrons. The summed E-state index contributed by atoms with van der Waals surface area (Å²) in [6, 6.07) is 30.8. The van der Waals surface area contributed by atoms with Crippen LogP contribution in [-0.4, -0.2) is 41.2 Å². The van der Waals surface area contributed by atoms with Crippen molar-refractivity contribution in [3.63, 3.8) is 0 Å². The summed E-state index contributed by atoms with van der Waals surface area (Å²) in [6.07, 6.45) is 4.88. The van der Waals surface area contributed by atoms with Crippen molar-refractivity contribution in [3.8, 4) is 0 Å². The van der Waals surface area contributed by atoms with Gasteiger partial charge in [-0.1, -0.05) is 133 Å². The first-order chi connectivity index (χ1) is 19.3. The van der Waals surface area contributed by atoms with Crippen molar-refractivity contribution in [3.05, 3.63) is 108 Å². The standard InChI is InChI=1S/C33H39IO5/c34-30-32(37-23-27-17-9-3-10-18-27)31(36-22-26-15-7-2-8-16-26)29(24-35-21-25-13-5-1-6-14-25)39-33(30)38-28-19-11-4-12-20-28/h1-3,5-10,13-18,28-33H,4,11-12,19-24H2/t29-,30-,31-,32-,33+/m1/s1. The molecule has 2 aliphatic rings. The fraction of sp³-hybridized carbons (Fsp3) is 0.455.